The second-order valence-corrected chi connectivity index (χ2v) is 8.47. The molecular weight excluding hydrogens is 272 g/mol. The first kappa shape index (κ1) is 17.7. The van der Waals surface area contributed by atoms with Crippen LogP contribution in [0.25, 0.3) is 0 Å². The van der Waals surface area contributed by atoms with Crippen LogP contribution in [0.2, 0.25) is 0 Å². The van der Waals surface area contributed by atoms with Crippen LogP contribution in [-0.4, -0.2) is 49.4 Å². The van der Waals surface area contributed by atoms with Crippen molar-refractivity contribution in [3.8, 4) is 0 Å². The monoisotopic (exact) mass is 296 g/mol. The number of nitrogens with one attached hydrogen (secondary N) is 1. The summed E-state index contributed by atoms with van der Waals surface area (Å²) < 4.78 is 21.9. The molecule has 0 saturated heterocycles. The fourth-order valence-corrected chi connectivity index (χ4v) is 3.93. The lowest BCUT2D eigenvalue weighted by Crippen LogP contribution is -2.55. The summed E-state index contributed by atoms with van der Waals surface area (Å²) in [7, 11) is -2.90. The number of primary amides is 1. The quantitative estimate of drug-likeness (QED) is 0.601. The molecule has 7 heteroatoms. The third kappa shape index (κ3) is 7.94. The first-order valence-corrected chi connectivity index (χ1v) is 9.11. The van der Waals surface area contributed by atoms with Gasteiger partial charge in [0.2, 0.25) is 5.91 Å². The highest BCUT2D eigenvalue weighted by Gasteiger charge is 2.30. The van der Waals surface area contributed by atoms with Gasteiger partial charge in [0.15, 0.2) is 0 Å². The van der Waals surface area contributed by atoms with Crippen molar-refractivity contribution < 1.29 is 13.2 Å². The van der Waals surface area contributed by atoms with Crippen LogP contribution in [0, 0.1) is 0 Å². The van der Waals surface area contributed by atoms with Crippen molar-refractivity contribution in [3.63, 3.8) is 0 Å². The summed E-state index contributed by atoms with van der Waals surface area (Å²) >= 11 is 1.52. The van der Waals surface area contributed by atoms with Crippen molar-refractivity contribution in [1.82, 2.24) is 5.32 Å². The molecule has 0 spiro atoms. The Balaban J connectivity index is 4.10. The van der Waals surface area contributed by atoms with Crippen LogP contribution in [-0.2, 0) is 14.6 Å². The summed E-state index contributed by atoms with van der Waals surface area (Å²) in [6.45, 7) is 5.70. The van der Waals surface area contributed by atoms with Crippen LogP contribution in [0.3, 0.4) is 0 Å². The average Bonchev–Trinajstić information content (AvgIpc) is 2.13. The molecule has 0 radical (unpaired) electrons. The van der Waals surface area contributed by atoms with Crippen LogP contribution < -0.4 is 11.1 Å². The number of thioether (sulfide) groups is 1. The van der Waals surface area contributed by atoms with E-state index in [9.17, 15) is 13.2 Å². The summed E-state index contributed by atoms with van der Waals surface area (Å²) in [5, 5.41) is 3.16. The van der Waals surface area contributed by atoms with Crippen molar-refractivity contribution >= 4 is 27.5 Å². The molecule has 1 amide bonds. The van der Waals surface area contributed by atoms with E-state index in [4.69, 9.17) is 5.73 Å². The maximum Gasteiger partial charge on any atom is 0.237 e. The Morgan fingerprint density at radius 3 is 2.33 bits per heavy atom. The molecule has 1 unspecified atom stereocenters. The molecule has 0 saturated carbocycles. The van der Waals surface area contributed by atoms with Gasteiger partial charge in [-0.1, -0.05) is 0 Å². The van der Waals surface area contributed by atoms with Gasteiger partial charge in [0.05, 0.1) is 11.3 Å². The van der Waals surface area contributed by atoms with E-state index in [-0.39, 0.29) is 17.7 Å². The number of amides is 1. The topological polar surface area (TPSA) is 89.3 Å². The third-order valence-corrected chi connectivity index (χ3v) is 4.69. The van der Waals surface area contributed by atoms with E-state index in [1.807, 2.05) is 13.8 Å². The maximum absolute atomic E-state index is 11.4. The number of sulfone groups is 1. The van der Waals surface area contributed by atoms with Crippen molar-refractivity contribution in [2.45, 2.75) is 38.8 Å². The van der Waals surface area contributed by atoms with Crippen LogP contribution in [0.5, 0.6) is 0 Å². The molecule has 0 aromatic heterocycles. The van der Waals surface area contributed by atoms with Gasteiger partial charge in [-0.15, -0.1) is 0 Å². The van der Waals surface area contributed by atoms with Crippen molar-refractivity contribution in [2.24, 2.45) is 5.73 Å². The zero-order valence-electron chi connectivity index (χ0n) is 11.5. The van der Waals surface area contributed by atoms with Gasteiger partial charge in [0.1, 0.15) is 9.84 Å². The molecule has 0 aliphatic rings. The zero-order chi connectivity index (χ0) is 14.4. The molecule has 0 aromatic carbocycles. The Bertz CT molecular complexity index is 368. The van der Waals surface area contributed by atoms with Crippen LogP contribution >= 0.6 is 11.8 Å². The van der Waals surface area contributed by atoms with Gasteiger partial charge in [-0.05, 0) is 32.9 Å². The summed E-state index contributed by atoms with van der Waals surface area (Å²) in [5.41, 5.74) is 4.67. The summed E-state index contributed by atoms with van der Waals surface area (Å²) in [6.07, 6.45) is 1.82. The number of rotatable bonds is 9. The Morgan fingerprint density at radius 1 is 1.39 bits per heavy atom. The van der Waals surface area contributed by atoms with E-state index in [1.165, 1.54) is 18.0 Å². The normalized spacial score (nSPS) is 15.6. The molecule has 0 fully saturated rings. The van der Waals surface area contributed by atoms with Crippen molar-refractivity contribution in [2.75, 3.05) is 23.5 Å². The zero-order valence-corrected chi connectivity index (χ0v) is 13.2. The largest absolute Gasteiger partial charge is 0.368 e. The highest BCUT2D eigenvalue weighted by molar-refractivity contribution is 8.00. The van der Waals surface area contributed by atoms with E-state index in [0.717, 1.165) is 0 Å². The smallest absolute Gasteiger partial charge is 0.237 e. The molecule has 0 aromatic rings. The Morgan fingerprint density at radius 2 is 1.94 bits per heavy atom. The number of hydrogen-bond acceptors (Lipinski definition) is 5. The lowest BCUT2D eigenvalue weighted by Gasteiger charge is -2.29. The van der Waals surface area contributed by atoms with E-state index in [1.54, 1.807) is 6.92 Å². The Hall–Kier alpha value is -0.270. The van der Waals surface area contributed by atoms with Gasteiger partial charge >= 0.3 is 0 Å². The van der Waals surface area contributed by atoms with Gasteiger partial charge in [-0.2, -0.15) is 11.8 Å². The average molecular weight is 296 g/mol. The third-order valence-electron chi connectivity index (χ3n) is 2.50. The van der Waals surface area contributed by atoms with Crippen LogP contribution in [0.1, 0.15) is 27.2 Å². The lowest BCUT2D eigenvalue weighted by molar-refractivity contribution is -0.124. The van der Waals surface area contributed by atoms with Crippen molar-refractivity contribution in [1.29, 1.82) is 0 Å². The first-order valence-electron chi connectivity index (χ1n) is 5.90. The Kier molecular flexibility index (Phi) is 7.24. The molecule has 0 heterocycles. The second kappa shape index (κ2) is 7.35. The number of carbonyl (C=O) groups is 1. The molecule has 0 aliphatic carbocycles. The standard InChI is InChI=1S/C11H24N2O3S2/c1-9(2)13-11(3,10(12)14)5-6-17-7-8-18(4,15)16/h9,13H,5-8H2,1-4H3,(H2,12,14). The SMILES string of the molecule is CC(C)NC(C)(CCSCCS(C)(=O)=O)C(N)=O. The molecule has 108 valence electrons. The van der Waals surface area contributed by atoms with Crippen LogP contribution in [0.4, 0.5) is 0 Å². The van der Waals surface area contributed by atoms with Gasteiger partial charge in [-0.25, -0.2) is 8.42 Å². The molecule has 18 heavy (non-hydrogen) atoms. The second-order valence-electron chi connectivity index (χ2n) is 4.99. The van der Waals surface area contributed by atoms with E-state index < -0.39 is 15.4 Å². The maximum atomic E-state index is 11.4. The molecule has 0 aliphatic heterocycles. The minimum atomic E-state index is -2.90. The van der Waals surface area contributed by atoms with E-state index in [0.29, 0.717) is 17.9 Å². The molecular formula is C11H24N2O3S2. The molecule has 0 bridgehead atoms. The summed E-state index contributed by atoms with van der Waals surface area (Å²) in [5.74, 6) is 1.05. The van der Waals surface area contributed by atoms with Crippen molar-refractivity contribution in [3.05, 3.63) is 0 Å². The summed E-state index contributed by atoms with van der Waals surface area (Å²) in [6, 6.07) is 0.170. The summed E-state index contributed by atoms with van der Waals surface area (Å²) in [4.78, 5) is 11.4. The van der Waals surface area contributed by atoms with Crippen LogP contribution in [0.15, 0.2) is 0 Å². The number of hydrogen-bond donors (Lipinski definition) is 2. The Labute approximate surface area is 114 Å². The van der Waals surface area contributed by atoms with Gasteiger partial charge in [0.25, 0.3) is 0 Å². The first-order chi connectivity index (χ1) is 8.07. The molecule has 0 rings (SSSR count). The van der Waals surface area contributed by atoms with Gasteiger partial charge in [-0.3, -0.25) is 4.79 Å². The number of nitrogens with two attached hydrogens (primary N) is 1. The predicted octanol–water partition coefficient (Wildman–Crippen LogP) is 0.396. The predicted molar refractivity (Wildman–Crippen MR) is 77.5 cm³/mol. The highest BCUT2D eigenvalue weighted by Crippen LogP contribution is 2.15. The van der Waals surface area contributed by atoms with Gasteiger partial charge < -0.3 is 11.1 Å². The number of carbonyl (C=O) groups excluding carboxylic acids is 1. The minimum absolute atomic E-state index is 0.169. The molecule has 3 N–H and O–H groups in total. The lowest BCUT2D eigenvalue weighted by atomic mass is 9.97. The highest BCUT2D eigenvalue weighted by atomic mass is 32.2. The van der Waals surface area contributed by atoms with E-state index >= 15 is 0 Å². The fraction of sp³-hybridized carbons (Fsp3) is 0.909. The molecule has 5 nitrogen and oxygen atoms in total. The fourth-order valence-electron chi connectivity index (χ4n) is 1.49. The molecule has 1 atom stereocenters. The van der Waals surface area contributed by atoms with Gasteiger partial charge in [0, 0.05) is 18.1 Å². The minimum Gasteiger partial charge on any atom is -0.368 e. The van der Waals surface area contributed by atoms with E-state index in [2.05, 4.69) is 5.32 Å².